The van der Waals surface area contributed by atoms with Gasteiger partial charge in [0.1, 0.15) is 0 Å². The fourth-order valence-corrected chi connectivity index (χ4v) is 4.59. The normalized spacial score (nSPS) is 21.7. The van der Waals surface area contributed by atoms with Gasteiger partial charge in [-0.05, 0) is 42.5 Å². The zero-order chi connectivity index (χ0) is 18.1. The maximum atomic E-state index is 12.9. The number of benzene rings is 1. The number of carboxylic acid groups (broad SMARTS) is 1. The lowest BCUT2D eigenvalue weighted by molar-refractivity contribution is 0.0573. The molecule has 0 aromatic heterocycles. The molecule has 2 amide bonds. The van der Waals surface area contributed by atoms with Crippen molar-refractivity contribution >= 4 is 12.0 Å². The molecule has 6 nitrogen and oxygen atoms in total. The van der Waals surface area contributed by atoms with Gasteiger partial charge in [0.15, 0.2) is 0 Å². The second-order valence-corrected chi connectivity index (χ2v) is 7.70. The smallest absolute Gasteiger partial charge is 0.407 e. The summed E-state index contributed by atoms with van der Waals surface area (Å²) in [6, 6.07) is 6.48. The van der Waals surface area contributed by atoms with Gasteiger partial charge in [0, 0.05) is 50.9 Å². The molecule has 1 saturated carbocycles. The number of hydrogen-bond acceptors (Lipinski definition) is 3. The molecule has 26 heavy (non-hydrogen) atoms. The van der Waals surface area contributed by atoms with E-state index in [4.69, 9.17) is 5.11 Å². The Balaban J connectivity index is 1.39. The minimum Gasteiger partial charge on any atom is -0.465 e. The summed E-state index contributed by atoms with van der Waals surface area (Å²) in [5.74, 6) is 0.111. The summed E-state index contributed by atoms with van der Waals surface area (Å²) in [4.78, 5) is 30.0. The molecule has 1 aliphatic carbocycles. The minimum absolute atomic E-state index is 0.111. The zero-order valence-corrected chi connectivity index (χ0v) is 15.2. The summed E-state index contributed by atoms with van der Waals surface area (Å²) in [6.07, 6.45) is 5.11. The topological polar surface area (TPSA) is 64.1 Å². The fourth-order valence-electron chi connectivity index (χ4n) is 4.59. The largest absolute Gasteiger partial charge is 0.465 e. The van der Waals surface area contributed by atoms with Crippen LogP contribution in [0.15, 0.2) is 18.2 Å². The first-order valence-electron chi connectivity index (χ1n) is 9.75. The Morgan fingerprint density at radius 3 is 2.35 bits per heavy atom. The van der Waals surface area contributed by atoms with E-state index in [-0.39, 0.29) is 5.91 Å². The molecule has 0 bridgehead atoms. The summed E-state index contributed by atoms with van der Waals surface area (Å²) >= 11 is 0. The fraction of sp³-hybridized carbons (Fsp3) is 0.600. The van der Waals surface area contributed by atoms with Gasteiger partial charge in [0.2, 0.25) is 0 Å². The minimum atomic E-state index is -0.879. The highest BCUT2D eigenvalue weighted by molar-refractivity contribution is 5.94. The molecule has 1 N–H and O–H groups in total. The first-order valence-corrected chi connectivity index (χ1v) is 9.75. The van der Waals surface area contributed by atoms with E-state index in [1.807, 2.05) is 23.1 Å². The third-order valence-corrected chi connectivity index (χ3v) is 6.18. The number of piperazine rings is 1. The van der Waals surface area contributed by atoms with E-state index in [2.05, 4.69) is 4.90 Å². The summed E-state index contributed by atoms with van der Waals surface area (Å²) in [6.45, 7) is 4.49. The summed E-state index contributed by atoms with van der Waals surface area (Å²) in [7, 11) is 0. The van der Waals surface area contributed by atoms with Crippen LogP contribution in [0.25, 0.3) is 0 Å². The van der Waals surface area contributed by atoms with Crippen molar-refractivity contribution in [1.29, 1.82) is 0 Å². The van der Waals surface area contributed by atoms with Crippen molar-refractivity contribution in [3.63, 3.8) is 0 Å². The molecule has 2 aliphatic heterocycles. The molecule has 6 heteroatoms. The third-order valence-electron chi connectivity index (χ3n) is 6.18. The molecule has 1 saturated heterocycles. The second-order valence-electron chi connectivity index (χ2n) is 7.70. The van der Waals surface area contributed by atoms with Crippen LogP contribution in [0.3, 0.4) is 0 Å². The van der Waals surface area contributed by atoms with Crippen molar-refractivity contribution in [2.45, 2.75) is 44.7 Å². The molecule has 2 heterocycles. The maximum absolute atomic E-state index is 12.9. The van der Waals surface area contributed by atoms with Crippen molar-refractivity contribution in [1.82, 2.24) is 14.7 Å². The molecule has 0 unspecified atom stereocenters. The van der Waals surface area contributed by atoms with Crippen LogP contribution in [0.4, 0.5) is 4.79 Å². The highest BCUT2D eigenvalue weighted by Crippen LogP contribution is 2.25. The van der Waals surface area contributed by atoms with Crippen LogP contribution in [0.5, 0.6) is 0 Å². The Morgan fingerprint density at radius 2 is 1.65 bits per heavy atom. The van der Waals surface area contributed by atoms with Crippen molar-refractivity contribution in [3.8, 4) is 0 Å². The number of fused-ring (bicyclic) bond motifs is 1. The van der Waals surface area contributed by atoms with E-state index >= 15 is 0 Å². The summed E-state index contributed by atoms with van der Waals surface area (Å²) in [5, 5.41) is 9.14. The summed E-state index contributed by atoms with van der Waals surface area (Å²) in [5.41, 5.74) is 2.86. The van der Waals surface area contributed by atoms with Gasteiger partial charge in [-0.2, -0.15) is 0 Å². The van der Waals surface area contributed by atoms with Gasteiger partial charge in [0.05, 0.1) is 0 Å². The molecule has 0 spiro atoms. The van der Waals surface area contributed by atoms with Gasteiger partial charge >= 0.3 is 6.09 Å². The van der Waals surface area contributed by atoms with Gasteiger partial charge in [0.25, 0.3) is 5.91 Å². The molecule has 1 aromatic carbocycles. The van der Waals surface area contributed by atoms with Gasteiger partial charge in [-0.1, -0.05) is 18.9 Å². The molecule has 4 rings (SSSR count). The van der Waals surface area contributed by atoms with Crippen molar-refractivity contribution in [3.05, 3.63) is 34.9 Å². The number of carbonyl (C=O) groups excluding carboxylic acids is 1. The van der Waals surface area contributed by atoms with E-state index in [9.17, 15) is 9.59 Å². The van der Waals surface area contributed by atoms with Crippen molar-refractivity contribution < 1.29 is 14.7 Å². The molecule has 2 fully saturated rings. The number of nitrogens with zero attached hydrogens (tertiary/aromatic N) is 3. The van der Waals surface area contributed by atoms with E-state index in [0.717, 1.165) is 48.9 Å². The van der Waals surface area contributed by atoms with Gasteiger partial charge in [-0.3, -0.25) is 9.69 Å². The molecule has 0 radical (unpaired) electrons. The van der Waals surface area contributed by atoms with Crippen molar-refractivity contribution in [2.24, 2.45) is 0 Å². The van der Waals surface area contributed by atoms with Crippen LogP contribution >= 0.6 is 0 Å². The lowest BCUT2D eigenvalue weighted by Crippen LogP contribution is -2.51. The number of hydrogen-bond donors (Lipinski definition) is 1. The Labute approximate surface area is 154 Å². The predicted molar refractivity (Wildman–Crippen MR) is 98.3 cm³/mol. The standard InChI is InChI=1S/C20H27N3O3/c24-19(22-11-9-21(10-12-22)18-3-1-2-4-18)16-5-6-17-14-23(20(25)26)8-7-15(17)13-16/h5-6,13,18H,1-4,7-12,14H2,(H,25,26). The average Bonchev–Trinajstić information content (AvgIpc) is 3.21. The van der Waals surface area contributed by atoms with Crippen LogP contribution in [0, 0.1) is 0 Å². The molecular weight excluding hydrogens is 330 g/mol. The number of amides is 2. The van der Waals surface area contributed by atoms with Gasteiger partial charge in [-0.25, -0.2) is 4.79 Å². The van der Waals surface area contributed by atoms with E-state index in [1.54, 1.807) is 0 Å². The Morgan fingerprint density at radius 1 is 0.923 bits per heavy atom. The van der Waals surface area contributed by atoms with Gasteiger partial charge in [-0.15, -0.1) is 0 Å². The Hall–Kier alpha value is -2.08. The first kappa shape index (κ1) is 17.3. The quantitative estimate of drug-likeness (QED) is 0.883. The first-order chi connectivity index (χ1) is 12.6. The van der Waals surface area contributed by atoms with E-state index in [1.165, 1.54) is 30.6 Å². The Kier molecular flexibility index (Phi) is 4.85. The van der Waals surface area contributed by atoms with Crippen LogP contribution in [0.1, 0.15) is 47.2 Å². The number of rotatable bonds is 2. The highest BCUT2D eigenvalue weighted by Gasteiger charge is 2.29. The monoisotopic (exact) mass is 357 g/mol. The Bertz CT molecular complexity index is 692. The second kappa shape index (κ2) is 7.27. The third kappa shape index (κ3) is 3.43. The predicted octanol–water partition coefficient (Wildman–Crippen LogP) is 2.42. The van der Waals surface area contributed by atoms with Gasteiger partial charge < -0.3 is 14.9 Å². The molecular formula is C20H27N3O3. The number of carbonyl (C=O) groups is 2. The van der Waals surface area contributed by atoms with Crippen LogP contribution in [-0.2, 0) is 13.0 Å². The molecule has 3 aliphatic rings. The van der Waals surface area contributed by atoms with Crippen LogP contribution < -0.4 is 0 Å². The SMILES string of the molecule is O=C(O)N1CCc2cc(C(=O)N3CCN(C4CCCC4)CC3)ccc2C1. The zero-order valence-electron chi connectivity index (χ0n) is 15.2. The van der Waals surface area contributed by atoms with E-state index in [0.29, 0.717) is 19.5 Å². The van der Waals surface area contributed by atoms with Crippen LogP contribution in [0.2, 0.25) is 0 Å². The maximum Gasteiger partial charge on any atom is 0.407 e. The molecule has 1 aromatic rings. The van der Waals surface area contributed by atoms with Crippen LogP contribution in [-0.4, -0.2) is 70.6 Å². The van der Waals surface area contributed by atoms with Crippen molar-refractivity contribution in [2.75, 3.05) is 32.7 Å². The average molecular weight is 357 g/mol. The molecule has 0 atom stereocenters. The summed E-state index contributed by atoms with van der Waals surface area (Å²) < 4.78 is 0. The van der Waals surface area contributed by atoms with E-state index < -0.39 is 6.09 Å². The highest BCUT2D eigenvalue weighted by atomic mass is 16.4. The molecule has 140 valence electrons. The lowest BCUT2D eigenvalue weighted by atomic mass is 9.97. The lowest BCUT2D eigenvalue weighted by Gasteiger charge is -2.38.